The molecule has 20 heavy (non-hydrogen) atoms. The van der Waals surface area contributed by atoms with E-state index in [0.717, 1.165) is 11.0 Å². The van der Waals surface area contributed by atoms with Gasteiger partial charge in [-0.15, -0.1) is 0 Å². The molecule has 0 aromatic carbocycles. The zero-order valence-corrected chi connectivity index (χ0v) is 12.0. The predicted octanol–water partition coefficient (Wildman–Crippen LogP) is -1.08. The van der Waals surface area contributed by atoms with Crippen molar-refractivity contribution in [3.05, 3.63) is 32.6 Å². The van der Waals surface area contributed by atoms with Gasteiger partial charge in [-0.1, -0.05) is 0 Å². The van der Waals surface area contributed by atoms with Gasteiger partial charge in [0.05, 0.1) is 17.6 Å². The number of likely N-dealkylation sites (N-methyl/N-ethyl adjacent to an activating group) is 1. The molecule has 0 unspecified atom stereocenters. The van der Waals surface area contributed by atoms with Crippen molar-refractivity contribution in [1.82, 2.24) is 14.0 Å². The maximum absolute atomic E-state index is 12.2. The zero-order valence-electron chi connectivity index (χ0n) is 12.0. The number of aryl methyl sites for hydroxylation is 1. The number of amides is 1. The van der Waals surface area contributed by atoms with Crippen molar-refractivity contribution in [3.63, 3.8) is 0 Å². The Labute approximate surface area is 116 Å². The second-order valence-corrected chi connectivity index (χ2v) is 5.58. The lowest BCUT2D eigenvalue weighted by Gasteiger charge is -2.39. The molecule has 1 aliphatic carbocycles. The molecule has 1 saturated carbocycles. The summed E-state index contributed by atoms with van der Waals surface area (Å²) in [5.74, 6) is -0.153. The molecule has 1 aromatic rings. The lowest BCUT2D eigenvalue weighted by molar-refractivity contribution is -0.139. The lowest BCUT2D eigenvalue weighted by atomic mass is 9.76. The molecule has 0 saturated heterocycles. The summed E-state index contributed by atoms with van der Waals surface area (Å²) in [7, 11) is 4.62. The van der Waals surface area contributed by atoms with E-state index < -0.39 is 5.54 Å². The molecule has 0 bridgehead atoms. The summed E-state index contributed by atoms with van der Waals surface area (Å²) >= 11 is 0. The molecular formula is C13H20N4O3. The Morgan fingerprint density at radius 1 is 1.40 bits per heavy atom. The van der Waals surface area contributed by atoms with Crippen molar-refractivity contribution < 1.29 is 4.79 Å². The van der Waals surface area contributed by atoms with Gasteiger partial charge in [0.1, 0.15) is 0 Å². The van der Waals surface area contributed by atoms with Crippen LogP contribution in [-0.2, 0) is 25.4 Å². The summed E-state index contributed by atoms with van der Waals surface area (Å²) in [6.07, 6.45) is 3.79. The first-order chi connectivity index (χ1) is 9.26. The van der Waals surface area contributed by atoms with Crippen LogP contribution in [0.3, 0.4) is 0 Å². The molecule has 1 heterocycles. The molecule has 7 heteroatoms. The topological polar surface area (TPSA) is 90.3 Å². The molecular weight excluding hydrogens is 260 g/mol. The van der Waals surface area contributed by atoms with Gasteiger partial charge in [0.15, 0.2) is 0 Å². The van der Waals surface area contributed by atoms with E-state index >= 15 is 0 Å². The van der Waals surface area contributed by atoms with Crippen molar-refractivity contribution in [2.45, 2.75) is 31.3 Å². The van der Waals surface area contributed by atoms with Gasteiger partial charge in [-0.3, -0.25) is 14.2 Å². The largest absolute Gasteiger partial charge is 0.340 e. The van der Waals surface area contributed by atoms with E-state index in [2.05, 4.69) is 0 Å². The molecule has 0 spiro atoms. The van der Waals surface area contributed by atoms with E-state index in [-0.39, 0.29) is 23.7 Å². The highest BCUT2D eigenvalue weighted by Gasteiger charge is 2.41. The van der Waals surface area contributed by atoms with Crippen LogP contribution in [0.5, 0.6) is 0 Å². The summed E-state index contributed by atoms with van der Waals surface area (Å²) in [5.41, 5.74) is 4.84. The minimum Gasteiger partial charge on any atom is -0.340 e. The van der Waals surface area contributed by atoms with Gasteiger partial charge in [0.25, 0.3) is 5.56 Å². The number of nitrogens with two attached hydrogens (primary N) is 1. The number of carbonyl (C=O) groups excluding carboxylic acids is 1. The summed E-state index contributed by atoms with van der Waals surface area (Å²) in [5, 5.41) is 0. The van der Waals surface area contributed by atoms with Gasteiger partial charge in [-0.2, -0.15) is 0 Å². The Balaban J connectivity index is 2.24. The summed E-state index contributed by atoms with van der Waals surface area (Å²) in [6, 6.07) is 0. The van der Waals surface area contributed by atoms with Crippen LogP contribution in [0.15, 0.2) is 15.8 Å². The van der Waals surface area contributed by atoms with Gasteiger partial charge in [-0.25, -0.2) is 4.79 Å². The third kappa shape index (κ3) is 2.29. The molecule has 7 nitrogen and oxygen atoms in total. The summed E-state index contributed by atoms with van der Waals surface area (Å²) in [4.78, 5) is 37.3. The zero-order chi connectivity index (χ0) is 15.1. The van der Waals surface area contributed by atoms with Crippen LogP contribution in [-0.4, -0.2) is 32.5 Å². The monoisotopic (exact) mass is 280 g/mol. The Morgan fingerprint density at radius 2 is 2.00 bits per heavy atom. The second-order valence-electron chi connectivity index (χ2n) is 5.58. The van der Waals surface area contributed by atoms with Gasteiger partial charge < -0.3 is 15.2 Å². The number of aromatic nitrogens is 2. The quantitative estimate of drug-likeness (QED) is 0.763. The Bertz CT molecular complexity index is 655. The van der Waals surface area contributed by atoms with E-state index in [1.54, 1.807) is 14.1 Å². The van der Waals surface area contributed by atoms with Gasteiger partial charge in [0, 0.05) is 27.3 Å². The van der Waals surface area contributed by atoms with Crippen LogP contribution in [0.25, 0.3) is 0 Å². The maximum Gasteiger partial charge on any atom is 0.330 e. The molecule has 0 aliphatic heterocycles. The number of hydrogen-bond acceptors (Lipinski definition) is 4. The Kier molecular flexibility index (Phi) is 3.56. The van der Waals surface area contributed by atoms with Crippen molar-refractivity contribution in [2.24, 2.45) is 19.8 Å². The van der Waals surface area contributed by atoms with Crippen molar-refractivity contribution >= 4 is 5.91 Å². The molecule has 1 amide bonds. The maximum atomic E-state index is 12.2. The van der Waals surface area contributed by atoms with E-state index in [1.165, 1.54) is 22.7 Å². The van der Waals surface area contributed by atoms with E-state index in [0.29, 0.717) is 18.4 Å². The van der Waals surface area contributed by atoms with Crippen LogP contribution in [0.2, 0.25) is 0 Å². The number of rotatable bonds is 3. The van der Waals surface area contributed by atoms with Gasteiger partial charge in [-0.05, 0) is 19.3 Å². The van der Waals surface area contributed by atoms with Crippen LogP contribution in [0.4, 0.5) is 0 Å². The fourth-order valence-corrected chi connectivity index (χ4v) is 2.47. The average molecular weight is 280 g/mol. The molecule has 1 aliphatic rings. The first-order valence-electron chi connectivity index (χ1n) is 6.56. The highest BCUT2D eigenvalue weighted by molar-refractivity contribution is 5.86. The number of carbonyl (C=O) groups is 1. The Hall–Kier alpha value is -1.89. The molecule has 1 aromatic heterocycles. The standard InChI is InChI=1S/C13H20N4O3/c1-15(11(19)13(14)5-4-6-13)7-9-8-16(2)12(20)17(3)10(9)18/h8H,4-7,14H2,1-3H3. The highest BCUT2D eigenvalue weighted by Crippen LogP contribution is 2.30. The Morgan fingerprint density at radius 3 is 2.50 bits per heavy atom. The van der Waals surface area contributed by atoms with Gasteiger partial charge >= 0.3 is 5.69 Å². The van der Waals surface area contributed by atoms with Crippen molar-refractivity contribution in [1.29, 1.82) is 0 Å². The molecule has 110 valence electrons. The summed E-state index contributed by atoms with van der Waals surface area (Å²) < 4.78 is 2.37. The van der Waals surface area contributed by atoms with Crippen LogP contribution >= 0.6 is 0 Å². The van der Waals surface area contributed by atoms with E-state index in [4.69, 9.17) is 5.73 Å². The molecule has 0 atom stereocenters. The molecule has 2 N–H and O–H groups in total. The number of hydrogen-bond donors (Lipinski definition) is 1. The van der Waals surface area contributed by atoms with Gasteiger partial charge in [0.2, 0.25) is 5.91 Å². The fraction of sp³-hybridized carbons (Fsp3) is 0.615. The first kappa shape index (κ1) is 14.5. The molecule has 1 fully saturated rings. The van der Waals surface area contributed by atoms with Crippen LogP contribution in [0, 0.1) is 0 Å². The average Bonchev–Trinajstić information content (AvgIpc) is 2.38. The lowest BCUT2D eigenvalue weighted by Crippen LogP contribution is -2.58. The fourth-order valence-electron chi connectivity index (χ4n) is 2.47. The minimum absolute atomic E-state index is 0.151. The smallest absolute Gasteiger partial charge is 0.330 e. The third-order valence-corrected chi connectivity index (χ3v) is 3.94. The molecule has 2 rings (SSSR count). The second kappa shape index (κ2) is 4.90. The normalized spacial score (nSPS) is 16.6. The predicted molar refractivity (Wildman–Crippen MR) is 74.2 cm³/mol. The first-order valence-corrected chi connectivity index (χ1v) is 6.56. The van der Waals surface area contributed by atoms with E-state index in [1.807, 2.05) is 0 Å². The highest BCUT2D eigenvalue weighted by atomic mass is 16.2. The van der Waals surface area contributed by atoms with Crippen molar-refractivity contribution in [3.8, 4) is 0 Å². The van der Waals surface area contributed by atoms with Crippen LogP contribution in [0.1, 0.15) is 24.8 Å². The summed E-state index contributed by atoms with van der Waals surface area (Å²) in [6.45, 7) is 0.151. The third-order valence-electron chi connectivity index (χ3n) is 3.94. The van der Waals surface area contributed by atoms with E-state index in [9.17, 15) is 14.4 Å². The SMILES string of the molecule is CN(Cc1cn(C)c(=O)n(C)c1=O)C(=O)C1(N)CCC1. The molecule has 0 radical (unpaired) electrons. The number of nitrogens with zero attached hydrogens (tertiary/aromatic N) is 3. The van der Waals surface area contributed by atoms with Crippen molar-refractivity contribution in [2.75, 3.05) is 7.05 Å². The van der Waals surface area contributed by atoms with Crippen LogP contribution < -0.4 is 17.0 Å². The minimum atomic E-state index is -0.777.